The summed E-state index contributed by atoms with van der Waals surface area (Å²) in [5, 5.41) is 7.50. The van der Waals surface area contributed by atoms with Gasteiger partial charge in [-0.2, -0.15) is 5.10 Å². The van der Waals surface area contributed by atoms with Crippen molar-refractivity contribution in [1.29, 1.82) is 0 Å². The molecule has 0 saturated heterocycles. The number of benzene rings is 2. The molecule has 0 fully saturated rings. The third kappa shape index (κ3) is 3.13. The smallest absolute Gasteiger partial charge is 0.255 e. The van der Waals surface area contributed by atoms with Crippen LogP contribution in [0.1, 0.15) is 15.9 Å². The minimum atomic E-state index is -0.157. The third-order valence-electron chi connectivity index (χ3n) is 3.79. The average Bonchev–Trinajstić information content (AvgIpc) is 3.06. The molecule has 0 aliphatic heterocycles. The van der Waals surface area contributed by atoms with Crippen LogP contribution in [0.15, 0.2) is 73.4 Å². The fraction of sp³-hybridized carbons (Fsp3) is 0.100. The lowest BCUT2D eigenvalue weighted by Gasteiger charge is -2.05. The first-order valence-electron chi connectivity index (χ1n) is 7.81. The summed E-state index contributed by atoms with van der Waals surface area (Å²) in [6, 6.07) is 17.7. The van der Waals surface area contributed by atoms with Crippen molar-refractivity contribution in [2.24, 2.45) is 0 Å². The van der Waals surface area contributed by atoms with E-state index in [1.807, 2.05) is 61.5 Å². The second-order valence-corrected chi connectivity index (χ2v) is 5.49. The number of carbonyl (C=O) groups is 1. The van der Waals surface area contributed by atoms with Gasteiger partial charge in [0.1, 0.15) is 5.69 Å². The number of hydrogen-bond donors (Lipinski definition) is 1. The monoisotopic (exact) mass is 317 g/mol. The SMILES string of the molecule is C=CCNC(=O)c1cn(-c2ccccc2)nc1-c1ccccc1C. The number of aryl methyl sites for hydroxylation is 1. The van der Waals surface area contributed by atoms with Crippen LogP contribution in [0.2, 0.25) is 0 Å². The van der Waals surface area contributed by atoms with Crippen molar-refractivity contribution in [2.75, 3.05) is 6.54 Å². The summed E-state index contributed by atoms with van der Waals surface area (Å²) < 4.78 is 1.74. The zero-order valence-corrected chi connectivity index (χ0v) is 13.6. The molecular weight excluding hydrogens is 298 g/mol. The summed E-state index contributed by atoms with van der Waals surface area (Å²) in [5.41, 5.74) is 4.17. The number of hydrogen-bond acceptors (Lipinski definition) is 2. The molecule has 1 aromatic heterocycles. The van der Waals surface area contributed by atoms with Crippen LogP contribution in [0.4, 0.5) is 0 Å². The van der Waals surface area contributed by atoms with E-state index < -0.39 is 0 Å². The van der Waals surface area contributed by atoms with Gasteiger partial charge < -0.3 is 5.32 Å². The van der Waals surface area contributed by atoms with E-state index in [-0.39, 0.29) is 5.91 Å². The Morgan fingerprint density at radius 1 is 1.17 bits per heavy atom. The van der Waals surface area contributed by atoms with Crippen LogP contribution in [0.5, 0.6) is 0 Å². The molecule has 2 aromatic carbocycles. The van der Waals surface area contributed by atoms with E-state index in [4.69, 9.17) is 0 Å². The molecule has 0 bridgehead atoms. The van der Waals surface area contributed by atoms with E-state index in [1.54, 1.807) is 17.0 Å². The molecule has 4 heteroatoms. The highest BCUT2D eigenvalue weighted by molar-refractivity contribution is 6.00. The van der Waals surface area contributed by atoms with Crippen molar-refractivity contribution in [1.82, 2.24) is 15.1 Å². The predicted molar refractivity (Wildman–Crippen MR) is 96.3 cm³/mol. The lowest BCUT2D eigenvalue weighted by molar-refractivity contribution is 0.0958. The maximum Gasteiger partial charge on any atom is 0.255 e. The molecule has 4 nitrogen and oxygen atoms in total. The number of carbonyl (C=O) groups excluding carboxylic acids is 1. The lowest BCUT2D eigenvalue weighted by atomic mass is 10.0. The summed E-state index contributed by atoms with van der Waals surface area (Å²) >= 11 is 0. The molecule has 1 amide bonds. The first-order valence-corrected chi connectivity index (χ1v) is 7.81. The molecule has 0 atom stereocenters. The molecule has 3 rings (SSSR count). The second-order valence-electron chi connectivity index (χ2n) is 5.49. The molecule has 1 N–H and O–H groups in total. The molecule has 0 aliphatic rings. The van der Waals surface area contributed by atoms with Crippen molar-refractivity contribution in [3.05, 3.63) is 84.6 Å². The van der Waals surface area contributed by atoms with Crippen LogP contribution in [-0.4, -0.2) is 22.2 Å². The Labute approximate surface area is 141 Å². The Morgan fingerprint density at radius 2 is 1.88 bits per heavy atom. The fourth-order valence-electron chi connectivity index (χ4n) is 2.55. The normalized spacial score (nSPS) is 10.4. The molecule has 1 heterocycles. The van der Waals surface area contributed by atoms with Crippen molar-refractivity contribution < 1.29 is 4.79 Å². The van der Waals surface area contributed by atoms with Crippen LogP contribution >= 0.6 is 0 Å². The molecule has 0 saturated carbocycles. The Bertz CT molecular complexity index is 866. The highest BCUT2D eigenvalue weighted by Crippen LogP contribution is 2.26. The van der Waals surface area contributed by atoms with Gasteiger partial charge in [-0.05, 0) is 24.6 Å². The van der Waals surface area contributed by atoms with Crippen LogP contribution in [0.25, 0.3) is 16.9 Å². The van der Waals surface area contributed by atoms with Gasteiger partial charge >= 0.3 is 0 Å². The van der Waals surface area contributed by atoms with E-state index in [1.165, 1.54) is 0 Å². The van der Waals surface area contributed by atoms with Crippen molar-refractivity contribution >= 4 is 5.91 Å². The van der Waals surface area contributed by atoms with Gasteiger partial charge in [0.2, 0.25) is 0 Å². The zero-order valence-electron chi connectivity index (χ0n) is 13.6. The number of amides is 1. The Kier molecular flexibility index (Phi) is 4.57. The zero-order chi connectivity index (χ0) is 16.9. The average molecular weight is 317 g/mol. The van der Waals surface area contributed by atoms with Crippen LogP contribution in [-0.2, 0) is 0 Å². The number of nitrogens with one attached hydrogen (secondary N) is 1. The number of aromatic nitrogens is 2. The Morgan fingerprint density at radius 3 is 2.58 bits per heavy atom. The van der Waals surface area contributed by atoms with Gasteiger partial charge in [-0.25, -0.2) is 4.68 Å². The summed E-state index contributed by atoms with van der Waals surface area (Å²) in [5.74, 6) is -0.157. The first kappa shape index (κ1) is 15.7. The maximum atomic E-state index is 12.5. The molecule has 24 heavy (non-hydrogen) atoms. The molecule has 0 unspecified atom stereocenters. The maximum absolute atomic E-state index is 12.5. The van der Waals surface area contributed by atoms with Crippen molar-refractivity contribution in [3.63, 3.8) is 0 Å². The van der Waals surface area contributed by atoms with Crippen molar-refractivity contribution in [3.8, 4) is 16.9 Å². The summed E-state index contributed by atoms with van der Waals surface area (Å²) in [4.78, 5) is 12.5. The third-order valence-corrected chi connectivity index (χ3v) is 3.79. The van der Waals surface area contributed by atoms with Gasteiger partial charge in [0.25, 0.3) is 5.91 Å². The molecule has 0 aliphatic carbocycles. The van der Waals surface area contributed by atoms with Gasteiger partial charge in [0, 0.05) is 18.3 Å². The number of rotatable bonds is 5. The van der Waals surface area contributed by atoms with Gasteiger partial charge in [-0.15, -0.1) is 6.58 Å². The van der Waals surface area contributed by atoms with E-state index in [2.05, 4.69) is 17.0 Å². The standard InChI is InChI=1S/C20H19N3O/c1-3-13-21-20(24)18-14-23(16-10-5-4-6-11-16)22-19(18)17-12-8-7-9-15(17)2/h3-12,14H,1,13H2,2H3,(H,21,24). The summed E-state index contributed by atoms with van der Waals surface area (Å²) in [7, 11) is 0. The van der Waals surface area contributed by atoms with Gasteiger partial charge in [0.05, 0.1) is 11.3 Å². The van der Waals surface area contributed by atoms with Gasteiger partial charge in [-0.3, -0.25) is 4.79 Å². The van der Waals surface area contributed by atoms with Crippen molar-refractivity contribution in [2.45, 2.75) is 6.92 Å². The van der Waals surface area contributed by atoms with E-state index in [9.17, 15) is 4.79 Å². The van der Waals surface area contributed by atoms with E-state index >= 15 is 0 Å². The van der Waals surface area contributed by atoms with Crippen LogP contribution in [0, 0.1) is 6.92 Å². The van der Waals surface area contributed by atoms with Gasteiger partial charge in [0.15, 0.2) is 0 Å². The molecule has 0 radical (unpaired) electrons. The minimum Gasteiger partial charge on any atom is -0.348 e. The topological polar surface area (TPSA) is 46.9 Å². The predicted octanol–water partition coefficient (Wildman–Crippen LogP) is 3.76. The molecule has 120 valence electrons. The molecular formula is C20H19N3O. The summed E-state index contributed by atoms with van der Waals surface area (Å²) in [6.45, 7) is 6.07. The van der Waals surface area contributed by atoms with E-state index in [0.29, 0.717) is 17.8 Å². The first-order chi connectivity index (χ1) is 11.7. The molecule has 3 aromatic rings. The number of para-hydroxylation sites is 1. The largest absolute Gasteiger partial charge is 0.348 e. The Hall–Kier alpha value is -3.14. The molecule has 0 spiro atoms. The second kappa shape index (κ2) is 6.96. The minimum absolute atomic E-state index is 0.157. The van der Waals surface area contributed by atoms with Crippen LogP contribution < -0.4 is 5.32 Å². The Balaban J connectivity index is 2.12. The summed E-state index contributed by atoms with van der Waals surface area (Å²) in [6.07, 6.45) is 3.43. The lowest BCUT2D eigenvalue weighted by Crippen LogP contribution is -2.23. The highest BCUT2D eigenvalue weighted by Gasteiger charge is 2.19. The quantitative estimate of drug-likeness (QED) is 0.728. The highest BCUT2D eigenvalue weighted by atomic mass is 16.1. The number of nitrogens with zero attached hydrogens (tertiary/aromatic N) is 2. The fourth-order valence-corrected chi connectivity index (χ4v) is 2.55. The van der Waals surface area contributed by atoms with Crippen LogP contribution in [0.3, 0.4) is 0 Å². The van der Waals surface area contributed by atoms with Gasteiger partial charge in [-0.1, -0.05) is 48.5 Å². The van der Waals surface area contributed by atoms with E-state index in [0.717, 1.165) is 16.8 Å².